The second-order valence-electron chi connectivity index (χ2n) is 13.1. The van der Waals surface area contributed by atoms with Crippen LogP contribution in [0, 0.1) is 11.8 Å². The van der Waals surface area contributed by atoms with Gasteiger partial charge in [0.25, 0.3) is 5.91 Å². The predicted molar refractivity (Wildman–Crippen MR) is 180 cm³/mol. The molecule has 2 aromatic heterocycles. The van der Waals surface area contributed by atoms with Crippen molar-refractivity contribution in [3.8, 4) is 5.75 Å². The summed E-state index contributed by atoms with van der Waals surface area (Å²) < 4.78 is 12.7. The van der Waals surface area contributed by atoms with Crippen molar-refractivity contribution in [2.24, 2.45) is 11.8 Å². The van der Waals surface area contributed by atoms with Gasteiger partial charge in [-0.15, -0.1) is 0 Å². The Bertz CT molecular complexity index is 1580. The van der Waals surface area contributed by atoms with Gasteiger partial charge in [0.15, 0.2) is 5.76 Å². The van der Waals surface area contributed by atoms with Crippen molar-refractivity contribution < 1.29 is 33.1 Å². The zero-order valence-electron chi connectivity index (χ0n) is 28.9. The number of nitrogens with one attached hydrogen (secondary N) is 4. The number of ether oxygens (including phenoxy) is 1. The summed E-state index contributed by atoms with van der Waals surface area (Å²) in [4.78, 5) is 69.5. The van der Waals surface area contributed by atoms with Crippen LogP contribution in [0.1, 0.15) is 62.9 Å². The van der Waals surface area contributed by atoms with E-state index in [1.54, 1.807) is 67.5 Å². The largest absolute Gasteiger partial charge is 0.497 e. The molecule has 264 valence electrons. The third-order valence-electron chi connectivity index (χ3n) is 8.26. The third kappa shape index (κ3) is 10.4. The molecule has 49 heavy (non-hydrogen) atoms. The number of methoxy groups -OCH3 is 1. The van der Waals surface area contributed by atoms with Crippen LogP contribution in [0.4, 0.5) is 0 Å². The van der Waals surface area contributed by atoms with Crippen LogP contribution < -0.4 is 26.0 Å². The fraction of sp³-hybridized carbons (Fsp3) is 0.486. The average Bonchev–Trinajstić information content (AvgIpc) is 3.75. The summed E-state index contributed by atoms with van der Waals surface area (Å²) in [5, 5.41) is 15.4. The first-order chi connectivity index (χ1) is 23.3. The number of hydrogen-bond acceptors (Lipinski definition) is 8. The Morgan fingerprint density at radius 3 is 2.29 bits per heavy atom. The molecule has 0 saturated carbocycles. The van der Waals surface area contributed by atoms with E-state index in [0.29, 0.717) is 18.1 Å². The van der Waals surface area contributed by atoms with E-state index >= 15 is 0 Å². The van der Waals surface area contributed by atoms with Crippen molar-refractivity contribution in [1.29, 1.82) is 0 Å². The van der Waals surface area contributed by atoms with E-state index in [4.69, 9.17) is 9.15 Å². The van der Waals surface area contributed by atoms with Crippen molar-refractivity contribution >= 4 is 29.5 Å². The highest BCUT2D eigenvalue weighted by atomic mass is 16.5. The van der Waals surface area contributed by atoms with E-state index in [2.05, 4.69) is 26.4 Å². The molecule has 1 aromatic carbocycles. The van der Waals surface area contributed by atoms with Gasteiger partial charge in [0.05, 0.1) is 13.7 Å². The zero-order chi connectivity index (χ0) is 35.7. The molecular formula is C35H47N7O7. The summed E-state index contributed by atoms with van der Waals surface area (Å²) in [5.74, 6) is -1.74. The predicted octanol–water partition coefficient (Wildman–Crippen LogP) is 1.89. The number of benzene rings is 1. The molecule has 3 aromatic rings. The Kier molecular flexibility index (Phi) is 12.6. The molecular weight excluding hydrogens is 630 g/mol. The summed E-state index contributed by atoms with van der Waals surface area (Å²) in [7, 11) is 1.55. The standard InChI is InChI=1S/C35H47N7O7/c1-21(2)16-27-34(46)39-28(17-24-8-10-25(48-6)11-9-24)33(45)37-23(5)32(44)40-29(22(3)4)19-41(20-31(43)38-27)35(47)30-13-12-26(49-30)18-42-15-7-14-36-42/h7-15,21-23,27-29H,16-20H2,1-6H3,(H,37,45)(H,38,43)(H,39,46)(H,40,44)/t23-,27+,28+,29-/m1/s1. The Balaban J connectivity index is 1.64. The molecule has 4 rings (SSSR count). The minimum Gasteiger partial charge on any atom is -0.497 e. The number of hydrogen-bond donors (Lipinski definition) is 4. The lowest BCUT2D eigenvalue weighted by molar-refractivity contribution is -0.133. The summed E-state index contributed by atoms with van der Waals surface area (Å²) in [5.41, 5.74) is 0.750. The van der Waals surface area contributed by atoms with Crippen LogP contribution in [0.15, 0.2) is 59.3 Å². The van der Waals surface area contributed by atoms with Gasteiger partial charge in [-0.2, -0.15) is 5.10 Å². The van der Waals surface area contributed by atoms with Crippen molar-refractivity contribution in [2.45, 2.75) is 78.2 Å². The molecule has 1 aliphatic rings. The molecule has 0 aliphatic carbocycles. The molecule has 5 amide bonds. The Labute approximate surface area is 286 Å². The summed E-state index contributed by atoms with van der Waals surface area (Å²) in [6.07, 6.45) is 3.81. The van der Waals surface area contributed by atoms with Crippen LogP contribution in [0.25, 0.3) is 0 Å². The monoisotopic (exact) mass is 677 g/mol. The smallest absolute Gasteiger partial charge is 0.290 e. The summed E-state index contributed by atoms with van der Waals surface area (Å²) in [6.45, 7) is 9.00. The van der Waals surface area contributed by atoms with Crippen molar-refractivity contribution in [2.75, 3.05) is 20.2 Å². The second-order valence-corrected chi connectivity index (χ2v) is 13.1. The fourth-order valence-corrected chi connectivity index (χ4v) is 5.45. The van der Waals surface area contributed by atoms with Crippen LogP contribution in [0.2, 0.25) is 0 Å². The van der Waals surface area contributed by atoms with Crippen LogP contribution >= 0.6 is 0 Å². The molecule has 1 saturated heterocycles. The van der Waals surface area contributed by atoms with Crippen LogP contribution in [0.5, 0.6) is 5.75 Å². The Hall–Kier alpha value is -5.14. The van der Waals surface area contributed by atoms with Gasteiger partial charge < -0.3 is 35.3 Å². The Morgan fingerprint density at radius 1 is 0.939 bits per heavy atom. The number of furan rings is 1. The maximum atomic E-state index is 13.9. The molecule has 1 fully saturated rings. The maximum absolute atomic E-state index is 13.9. The summed E-state index contributed by atoms with van der Waals surface area (Å²) >= 11 is 0. The van der Waals surface area contributed by atoms with E-state index < -0.39 is 60.2 Å². The number of carbonyl (C=O) groups excluding carboxylic acids is 5. The lowest BCUT2D eigenvalue weighted by atomic mass is 10.0. The number of nitrogens with zero attached hydrogens (tertiary/aromatic N) is 3. The first kappa shape index (κ1) is 36.7. The van der Waals surface area contributed by atoms with Gasteiger partial charge in [-0.1, -0.05) is 39.8 Å². The van der Waals surface area contributed by atoms with Gasteiger partial charge in [0.2, 0.25) is 23.6 Å². The number of rotatable bonds is 9. The highest BCUT2D eigenvalue weighted by Gasteiger charge is 2.33. The van der Waals surface area contributed by atoms with Crippen LogP contribution in [0.3, 0.4) is 0 Å². The third-order valence-corrected chi connectivity index (χ3v) is 8.26. The van der Waals surface area contributed by atoms with Gasteiger partial charge in [-0.05, 0) is 61.1 Å². The number of amides is 5. The van der Waals surface area contributed by atoms with Gasteiger partial charge in [0.1, 0.15) is 36.2 Å². The summed E-state index contributed by atoms with van der Waals surface area (Å²) in [6, 6.07) is 8.44. The number of aromatic nitrogens is 2. The molecule has 0 bridgehead atoms. The van der Waals surface area contributed by atoms with Crippen molar-refractivity contribution in [3.05, 3.63) is 71.9 Å². The van der Waals surface area contributed by atoms with Gasteiger partial charge >= 0.3 is 0 Å². The fourth-order valence-electron chi connectivity index (χ4n) is 5.45. The average molecular weight is 678 g/mol. The topological polar surface area (TPSA) is 177 Å². The van der Waals surface area contributed by atoms with Crippen LogP contribution in [-0.2, 0) is 32.1 Å². The Morgan fingerprint density at radius 2 is 1.65 bits per heavy atom. The normalized spacial score (nSPS) is 21.3. The first-order valence-electron chi connectivity index (χ1n) is 16.5. The highest BCUT2D eigenvalue weighted by molar-refractivity contribution is 5.97. The molecule has 0 spiro atoms. The molecule has 3 heterocycles. The number of carbonyl (C=O) groups is 5. The molecule has 14 nitrogen and oxygen atoms in total. The molecule has 4 N–H and O–H groups in total. The molecule has 0 radical (unpaired) electrons. The second kappa shape index (κ2) is 16.8. The molecule has 0 unspecified atom stereocenters. The van der Waals surface area contributed by atoms with Gasteiger partial charge in [-0.3, -0.25) is 28.7 Å². The SMILES string of the molecule is COc1ccc(C[C@@H]2NC(=O)[C@H](CC(C)C)NC(=O)CN(C(=O)c3ccc(Cn4cccn4)o3)C[C@H](C(C)C)NC(=O)[C@@H](C)NC2=O)cc1. The minimum atomic E-state index is -1.05. The minimum absolute atomic E-state index is 0.00762. The first-order valence-corrected chi connectivity index (χ1v) is 16.5. The van der Waals surface area contributed by atoms with E-state index in [9.17, 15) is 24.0 Å². The highest BCUT2D eigenvalue weighted by Crippen LogP contribution is 2.16. The zero-order valence-corrected chi connectivity index (χ0v) is 28.9. The molecule has 14 heteroatoms. The molecule has 4 atom stereocenters. The quantitative estimate of drug-likeness (QED) is 0.265. The van der Waals surface area contributed by atoms with E-state index in [1.165, 1.54) is 11.0 Å². The van der Waals surface area contributed by atoms with Gasteiger partial charge in [0, 0.05) is 31.4 Å². The van der Waals surface area contributed by atoms with E-state index in [0.717, 1.165) is 5.56 Å². The van der Waals surface area contributed by atoms with Crippen LogP contribution in [-0.4, -0.2) is 88.6 Å². The van der Waals surface area contributed by atoms with Crippen molar-refractivity contribution in [3.63, 3.8) is 0 Å². The lowest BCUT2D eigenvalue weighted by Gasteiger charge is -2.31. The maximum Gasteiger partial charge on any atom is 0.290 e. The van der Waals surface area contributed by atoms with E-state index in [-0.39, 0.29) is 37.0 Å². The van der Waals surface area contributed by atoms with Crippen molar-refractivity contribution in [1.82, 2.24) is 35.9 Å². The molecule has 1 aliphatic heterocycles. The lowest BCUT2D eigenvalue weighted by Crippen LogP contribution is -2.57. The van der Waals surface area contributed by atoms with E-state index in [1.807, 2.05) is 27.7 Å². The van der Waals surface area contributed by atoms with Gasteiger partial charge in [-0.25, -0.2) is 0 Å².